The molecule has 1 aliphatic heterocycles. The smallest absolute Gasteiger partial charge is 0.252 e. The first-order chi connectivity index (χ1) is 8.31. The fourth-order valence-corrected chi connectivity index (χ4v) is 2.20. The molecule has 1 aromatic heterocycles. The molecule has 0 unspecified atom stereocenters. The number of hydrogen-bond donors (Lipinski definition) is 1. The third-order valence-electron chi connectivity index (χ3n) is 3.07. The maximum absolute atomic E-state index is 12.4. The predicted octanol–water partition coefficient (Wildman–Crippen LogP) is 0.360. The van der Waals surface area contributed by atoms with Crippen LogP contribution in [-0.4, -0.2) is 33.7 Å². The van der Waals surface area contributed by atoms with Crippen LogP contribution in [0.3, 0.4) is 0 Å². The maximum Gasteiger partial charge on any atom is 0.252 e. The Kier molecular flexibility index (Phi) is 2.88. The highest BCUT2D eigenvalue weighted by molar-refractivity contribution is 6.03. The Bertz CT molecular complexity index is 504. The van der Waals surface area contributed by atoms with Crippen molar-refractivity contribution >= 4 is 17.5 Å². The number of rotatable bonds is 1. The molecule has 0 bridgehead atoms. The van der Waals surface area contributed by atoms with E-state index in [4.69, 9.17) is 0 Å². The second-order valence-corrected chi connectivity index (χ2v) is 5.15. The van der Waals surface area contributed by atoms with Gasteiger partial charge in [-0.25, -0.2) is 0 Å². The summed E-state index contributed by atoms with van der Waals surface area (Å²) in [7, 11) is 1.81. The van der Waals surface area contributed by atoms with Crippen LogP contribution in [0.5, 0.6) is 0 Å². The normalized spacial score (nSPS) is 19.7. The van der Waals surface area contributed by atoms with Gasteiger partial charge in [-0.05, 0) is 20.8 Å². The minimum Gasteiger partial charge on any atom is -0.342 e. The highest BCUT2D eigenvalue weighted by Gasteiger charge is 2.37. The Morgan fingerprint density at radius 3 is 2.61 bits per heavy atom. The molecule has 0 saturated carbocycles. The molecule has 2 amide bonds. The number of amides is 2. The van der Waals surface area contributed by atoms with Crippen molar-refractivity contribution in [3.63, 3.8) is 0 Å². The van der Waals surface area contributed by atoms with E-state index in [0.717, 1.165) is 11.4 Å². The third-order valence-corrected chi connectivity index (χ3v) is 3.07. The fraction of sp³-hybridized carbons (Fsp3) is 0.583. The maximum atomic E-state index is 12.4. The Morgan fingerprint density at radius 2 is 2.06 bits per heavy atom. The van der Waals surface area contributed by atoms with E-state index in [9.17, 15) is 9.59 Å². The van der Waals surface area contributed by atoms with Crippen LogP contribution in [0.25, 0.3) is 0 Å². The molecule has 2 heterocycles. The summed E-state index contributed by atoms with van der Waals surface area (Å²) in [6, 6.07) is 0. The molecular formula is C12H18N4O2. The highest BCUT2D eigenvalue weighted by atomic mass is 16.2. The minimum absolute atomic E-state index is 0.0996. The number of nitrogens with one attached hydrogen (secondary N) is 1. The molecule has 0 atom stereocenters. The van der Waals surface area contributed by atoms with E-state index in [1.165, 1.54) is 0 Å². The molecule has 18 heavy (non-hydrogen) atoms. The van der Waals surface area contributed by atoms with Crippen molar-refractivity contribution in [1.29, 1.82) is 0 Å². The Hall–Kier alpha value is -1.85. The lowest BCUT2D eigenvalue weighted by Crippen LogP contribution is -2.53. The quantitative estimate of drug-likeness (QED) is 0.782. The van der Waals surface area contributed by atoms with E-state index in [1.54, 1.807) is 29.6 Å². The van der Waals surface area contributed by atoms with Crippen LogP contribution in [0.15, 0.2) is 6.20 Å². The lowest BCUT2D eigenvalue weighted by Gasteiger charge is -2.28. The van der Waals surface area contributed by atoms with E-state index in [1.807, 2.05) is 14.0 Å². The summed E-state index contributed by atoms with van der Waals surface area (Å²) >= 11 is 0. The van der Waals surface area contributed by atoms with Crippen molar-refractivity contribution in [1.82, 2.24) is 15.1 Å². The largest absolute Gasteiger partial charge is 0.342 e. The standard InChI is InChI=1S/C12H18N4O2/c1-8-9(7-15(4)14-8)16-6-5-10(17)13-12(2,3)11(16)18/h7H,5-6H2,1-4H3,(H,13,17). The van der Waals surface area contributed by atoms with Crippen LogP contribution in [0.2, 0.25) is 0 Å². The predicted molar refractivity (Wildman–Crippen MR) is 67.1 cm³/mol. The average Bonchev–Trinajstić information content (AvgIpc) is 2.52. The molecule has 98 valence electrons. The van der Waals surface area contributed by atoms with Gasteiger partial charge in [-0.2, -0.15) is 5.10 Å². The minimum atomic E-state index is -0.879. The van der Waals surface area contributed by atoms with Crippen molar-refractivity contribution in [2.45, 2.75) is 32.7 Å². The first kappa shape index (κ1) is 12.6. The van der Waals surface area contributed by atoms with Crippen molar-refractivity contribution in [2.75, 3.05) is 11.4 Å². The lowest BCUT2D eigenvalue weighted by molar-refractivity contribution is -0.128. The average molecular weight is 250 g/mol. The van der Waals surface area contributed by atoms with Crippen LogP contribution in [0, 0.1) is 6.92 Å². The van der Waals surface area contributed by atoms with E-state index in [0.29, 0.717) is 13.0 Å². The van der Waals surface area contributed by atoms with E-state index >= 15 is 0 Å². The first-order valence-electron chi connectivity index (χ1n) is 5.94. The van der Waals surface area contributed by atoms with Gasteiger partial charge >= 0.3 is 0 Å². The topological polar surface area (TPSA) is 67.2 Å². The van der Waals surface area contributed by atoms with E-state index in [-0.39, 0.29) is 11.8 Å². The fourth-order valence-electron chi connectivity index (χ4n) is 2.20. The molecular weight excluding hydrogens is 232 g/mol. The lowest BCUT2D eigenvalue weighted by atomic mass is 10.0. The molecule has 1 saturated heterocycles. The molecule has 1 N–H and O–H groups in total. The molecule has 0 radical (unpaired) electrons. The Morgan fingerprint density at radius 1 is 1.39 bits per heavy atom. The van der Waals surface area contributed by atoms with Crippen LogP contribution < -0.4 is 10.2 Å². The summed E-state index contributed by atoms with van der Waals surface area (Å²) in [5, 5.41) is 6.97. The number of hydrogen-bond acceptors (Lipinski definition) is 3. The summed E-state index contributed by atoms with van der Waals surface area (Å²) in [4.78, 5) is 25.7. The van der Waals surface area contributed by atoms with Gasteiger partial charge in [-0.15, -0.1) is 0 Å². The summed E-state index contributed by atoms with van der Waals surface area (Å²) < 4.78 is 1.67. The van der Waals surface area contributed by atoms with Gasteiger partial charge in [0.1, 0.15) is 5.54 Å². The number of aromatic nitrogens is 2. The van der Waals surface area contributed by atoms with Crippen molar-refractivity contribution in [3.05, 3.63) is 11.9 Å². The summed E-state index contributed by atoms with van der Waals surface area (Å²) in [5.41, 5.74) is 0.679. The highest BCUT2D eigenvalue weighted by Crippen LogP contribution is 2.23. The number of carbonyl (C=O) groups is 2. The Labute approximate surface area is 106 Å². The van der Waals surface area contributed by atoms with Gasteiger partial charge in [-0.1, -0.05) is 0 Å². The van der Waals surface area contributed by atoms with Gasteiger partial charge in [-0.3, -0.25) is 14.3 Å². The number of carbonyl (C=O) groups excluding carboxylic acids is 2. The van der Waals surface area contributed by atoms with Gasteiger partial charge < -0.3 is 10.2 Å². The van der Waals surface area contributed by atoms with Gasteiger partial charge in [0, 0.05) is 26.2 Å². The molecule has 0 aliphatic carbocycles. The second kappa shape index (κ2) is 4.12. The SMILES string of the molecule is Cc1nn(C)cc1N1CCC(=O)NC(C)(C)C1=O. The van der Waals surface area contributed by atoms with Crippen LogP contribution in [0.4, 0.5) is 5.69 Å². The molecule has 6 heteroatoms. The zero-order valence-corrected chi connectivity index (χ0v) is 11.1. The molecule has 1 fully saturated rings. The third kappa shape index (κ3) is 2.10. The van der Waals surface area contributed by atoms with Gasteiger partial charge in [0.25, 0.3) is 5.91 Å². The van der Waals surface area contributed by atoms with Crippen LogP contribution in [0.1, 0.15) is 26.0 Å². The zero-order valence-electron chi connectivity index (χ0n) is 11.1. The van der Waals surface area contributed by atoms with Gasteiger partial charge in [0.2, 0.25) is 5.91 Å². The van der Waals surface area contributed by atoms with Crippen LogP contribution in [-0.2, 0) is 16.6 Å². The monoisotopic (exact) mass is 250 g/mol. The number of aryl methyl sites for hydroxylation is 2. The molecule has 2 rings (SSSR count). The number of anilines is 1. The van der Waals surface area contributed by atoms with Crippen molar-refractivity contribution in [3.8, 4) is 0 Å². The van der Waals surface area contributed by atoms with Crippen molar-refractivity contribution in [2.24, 2.45) is 7.05 Å². The molecule has 0 aromatic carbocycles. The molecule has 1 aromatic rings. The number of nitrogens with zero attached hydrogens (tertiary/aromatic N) is 3. The first-order valence-corrected chi connectivity index (χ1v) is 5.94. The zero-order chi connectivity index (χ0) is 13.5. The molecule has 0 spiro atoms. The summed E-state index contributed by atoms with van der Waals surface area (Å²) in [6.07, 6.45) is 2.11. The second-order valence-electron chi connectivity index (χ2n) is 5.15. The molecule has 6 nitrogen and oxygen atoms in total. The van der Waals surface area contributed by atoms with Gasteiger partial charge in [0.15, 0.2) is 0 Å². The van der Waals surface area contributed by atoms with Gasteiger partial charge in [0.05, 0.1) is 11.4 Å². The summed E-state index contributed by atoms with van der Waals surface area (Å²) in [5.74, 6) is -0.207. The summed E-state index contributed by atoms with van der Waals surface area (Å²) in [6.45, 7) is 5.69. The Balaban J connectivity index is 2.40. The van der Waals surface area contributed by atoms with Crippen molar-refractivity contribution < 1.29 is 9.59 Å². The van der Waals surface area contributed by atoms with Crippen LogP contribution >= 0.6 is 0 Å². The molecule has 1 aliphatic rings. The van der Waals surface area contributed by atoms with E-state index in [2.05, 4.69) is 10.4 Å². The van der Waals surface area contributed by atoms with E-state index < -0.39 is 5.54 Å².